The molecule has 0 saturated carbocycles. The Morgan fingerprint density at radius 3 is 2.76 bits per heavy atom. The summed E-state index contributed by atoms with van der Waals surface area (Å²) in [6, 6.07) is 15.5. The molecule has 0 amide bonds. The molecular weight excluding hydrogens is 352 g/mol. The summed E-state index contributed by atoms with van der Waals surface area (Å²) in [6.45, 7) is 4.15. The monoisotopic (exact) mass is 366 g/mol. The normalized spacial score (nSPS) is 11.2. The van der Waals surface area contributed by atoms with E-state index >= 15 is 0 Å². The van der Waals surface area contributed by atoms with Crippen LogP contribution in [0.4, 0.5) is 5.69 Å². The van der Waals surface area contributed by atoms with Crippen LogP contribution >= 0.6 is 22.9 Å². The Kier molecular flexibility index (Phi) is 5.13. The van der Waals surface area contributed by atoms with E-state index < -0.39 is 0 Å². The van der Waals surface area contributed by atoms with Crippen molar-refractivity contribution in [3.05, 3.63) is 69.0 Å². The molecule has 1 aromatic heterocycles. The fourth-order valence-corrected chi connectivity index (χ4v) is 3.17. The molecule has 0 unspecified atom stereocenters. The second-order valence-corrected chi connectivity index (χ2v) is 6.83. The zero-order valence-corrected chi connectivity index (χ0v) is 15.3. The number of hydrogen-bond acceptors (Lipinski definition) is 5. The van der Waals surface area contributed by atoms with Crippen LogP contribution in [-0.2, 0) is 0 Å². The van der Waals surface area contributed by atoms with Gasteiger partial charge in [0.15, 0.2) is 10.7 Å². The van der Waals surface area contributed by atoms with Crippen molar-refractivity contribution >= 4 is 34.3 Å². The predicted octanol–water partition coefficient (Wildman–Crippen LogP) is 5.42. The Morgan fingerprint density at radius 1 is 1.20 bits per heavy atom. The minimum absolute atomic E-state index is 0.236. The highest BCUT2D eigenvalue weighted by Crippen LogP contribution is 2.24. The summed E-state index contributed by atoms with van der Waals surface area (Å²) < 4.78 is 0. The number of hydrazone groups is 1. The van der Waals surface area contributed by atoms with E-state index in [2.05, 4.69) is 47.6 Å². The minimum Gasteiger partial charge on any atom is -0.277 e. The Morgan fingerprint density at radius 2 is 2.04 bits per heavy atom. The van der Waals surface area contributed by atoms with Gasteiger partial charge in [0.2, 0.25) is 0 Å². The van der Waals surface area contributed by atoms with E-state index in [1.807, 2.05) is 23.6 Å². The minimum atomic E-state index is 0.236. The summed E-state index contributed by atoms with van der Waals surface area (Å²) in [5.41, 5.74) is 8.12. The summed E-state index contributed by atoms with van der Waals surface area (Å²) in [6.07, 6.45) is 0. The van der Waals surface area contributed by atoms with E-state index in [1.165, 1.54) is 22.5 Å². The summed E-state index contributed by atoms with van der Waals surface area (Å²) in [5, 5.41) is 16.7. The number of halogens is 1. The second kappa shape index (κ2) is 7.47. The molecule has 0 aliphatic carbocycles. The summed E-state index contributed by atoms with van der Waals surface area (Å²) in [4.78, 5) is 4.55. The van der Waals surface area contributed by atoms with Gasteiger partial charge >= 0.3 is 0 Å². The summed E-state index contributed by atoms with van der Waals surface area (Å²) in [5.74, 6) is 0. The first-order valence-corrected chi connectivity index (χ1v) is 8.85. The van der Waals surface area contributed by atoms with Crippen LogP contribution in [0.1, 0.15) is 16.1 Å². The van der Waals surface area contributed by atoms with E-state index in [4.69, 9.17) is 11.6 Å². The van der Waals surface area contributed by atoms with Gasteiger partial charge < -0.3 is 0 Å². The lowest BCUT2D eigenvalue weighted by Crippen LogP contribution is -2.01. The number of benzene rings is 2. The van der Waals surface area contributed by atoms with Gasteiger partial charge in [-0.25, -0.2) is 4.98 Å². The van der Waals surface area contributed by atoms with Crippen LogP contribution in [0.5, 0.6) is 0 Å². The van der Waals surface area contributed by atoms with E-state index in [0.29, 0.717) is 15.7 Å². The molecule has 1 N–H and O–H groups in total. The smallest absolute Gasteiger partial charge is 0.196 e. The van der Waals surface area contributed by atoms with Crippen molar-refractivity contribution < 1.29 is 0 Å². The van der Waals surface area contributed by atoms with E-state index in [9.17, 15) is 5.26 Å². The SMILES string of the molecule is Cc1ccc(-c2csc(C(C#N)=NNc3cccc(Cl)c3)n2)cc1C. The number of aromatic nitrogens is 1. The molecule has 0 atom stereocenters. The number of anilines is 1. The number of hydrogen-bond donors (Lipinski definition) is 1. The Hall–Kier alpha value is -2.68. The van der Waals surface area contributed by atoms with Crippen molar-refractivity contribution in [2.45, 2.75) is 13.8 Å². The lowest BCUT2D eigenvalue weighted by Gasteiger charge is -2.02. The van der Waals surface area contributed by atoms with Crippen LogP contribution in [0.25, 0.3) is 11.3 Å². The topological polar surface area (TPSA) is 61.1 Å². The molecule has 0 spiro atoms. The quantitative estimate of drug-likeness (QED) is 0.495. The maximum absolute atomic E-state index is 9.39. The molecule has 0 bridgehead atoms. The van der Waals surface area contributed by atoms with Gasteiger partial charge in [-0.1, -0.05) is 29.8 Å². The van der Waals surface area contributed by atoms with Gasteiger partial charge in [-0.2, -0.15) is 10.4 Å². The van der Waals surface area contributed by atoms with Crippen LogP contribution in [-0.4, -0.2) is 10.7 Å². The fraction of sp³-hybridized carbons (Fsp3) is 0.105. The van der Waals surface area contributed by atoms with Crippen LogP contribution in [0, 0.1) is 25.2 Å². The number of nitrogens with one attached hydrogen (secondary N) is 1. The Bertz CT molecular complexity index is 985. The zero-order chi connectivity index (χ0) is 17.8. The van der Waals surface area contributed by atoms with Crippen molar-refractivity contribution in [2.75, 3.05) is 5.43 Å². The lowest BCUT2D eigenvalue weighted by molar-refractivity contribution is 1.30. The molecule has 0 aliphatic heterocycles. The average molecular weight is 367 g/mol. The third-order valence-corrected chi connectivity index (χ3v) is 4.82. The highest BCUT2D eigenvalue weighted by molar-refractivity contribution is 7.12. The van der Waals surface area contributed by atoms with Crippen LogP contribution in [0.15, 0.2) is 52.9 Å². The number of nitriles is 1. The maximum atomic E-state index is 9.39. The molecule has 6 heteroatoms. The maximum Gasteiger partial charge on any atom is 0.196 e. The molecule has 3 aromatic rings. The average Bonchev–Trinajstić information content (AvgIpc) is 3.08. The fourth-order valence-electron chi connectivity index (χ4n) is 2.21. The second-order valence-electron chi connectivity index (χ2n) is 5.53. The molecule has 0 radical (unpaired) electrons. The standard InChI is InChI=1S/C19H15ClN4S/c1-12-6-7-14(8-13(12)2)18-11-25-19(22-18)17(10-21)24-23-16-5-3-4-15(20)9-16/h3-9,11,23H,1-2H3. The highest BCUT2D eigenvalue weighted by Gasteiger charge is 2.11. The Balaban J connectivity index is 1.85. The van der Waals surface area contributed by atoms with E-state index in [-0.39, 0.29) is 5.71 Å². The number of nitrogens with zero attached hydrogens (tertiary/aromatic N) is 3. The third kappa shape index (κ3) is 4.05. The van der Waals surface area contributed by atoms with Crippen molar-refractivity contribution in [3.8, 4) is 17.3 Å². The van der Waals surface area contributed by atoms with Crippen molar-refractivity contribution in [2.24, 2.45) is 5.10 Å². The molecule has 1 heterocycles. The van der Waals surface area contributed by atoms with Gasteiger partial charge in [0.25, 0.3) is 0 Å². The van der Waals surface area contributed by atoms with Crippen LogP contribution < -0.4 is 5.43 Å². The molecule has 25 heavy (non-hydrogen) atoms. The van der Waals surface area contributed by atoms with E-state index in [1.54, 1.807) is 12.1 Å². The number of rotatable bonds is 4. The van der Waals surface area contributed by atoms with Crippen LogP contribution in [0.2, 0.25) is 5.02 Å². The number of thiazole rings is 1. The molecule has 0 fully saturated rings. The molecule has 4 nitrogen and oxygen atoms in total. The first-order chi connectivity index (χ1) is 12.1. The van der Waals surface area contributed by atoms with Gasteiger partial charge in [0.1, 0.15) is 6.07 Å². The molecular formula is C19H15ClN4S. The summed E-state index contributed by atoms with van der Waals surface area (Å²) >= 11 is 7.34. The van der Waals surface area contributed by atoms with Gasteiger partial charge in [-0.3, -0.25) is 5.43 Å². The highest BCUT2D eigenvalue weighted by atomic mass is 35.5. The predicted molar refractivity (Wildman–Crippen MR) is 104 cm³/mol. The molecule has 2 aromatic carbocycles. The lowest BCUT2D eigenvalue weighted by atomic mass is 10.1. The van der Waals surface area contributed by atoms with Crippen molar-refractivity contribution in [1.82, 2.24) is 4.98 Å². The molecule has 0 saturated heterocycles. The largest absolute Gasteiger partial charge is 0.277 e. The van der Waals surface area contributed by atoms with Crippen molar-refractivity contribution in [3.63, 3.8) is 0 Å². The summed E-state index contributed by atoms with van der Waals surface area (Å²) in [7, 11) is 0. The van der Waals surface area contributed by atoms with E-state index in [0.717, 1.165) is 11.3 Å². The first kappa shape index (κ1) is 17.2. The van der Waals surface area contributed by atoms with Gasteiger partial charge in [-0.05, 0) is 49.2 Å². The third-order valence-electron chi connectivity index (χ3n) is 3.74. The van der Waals surface area contributed by atoms with Gasteiger partial charge in [-0.15, -0.1) is 11.3 Å². The molecule has 0 aliphatic rings. The van der Waals surface area contributed by atoms with Gasteiger partial charge in [0, 0.05) is 16.0 Å². The molecule has 3 rings (SSSR count). The van der Waals surface area contributed by atoms with Gasteiger partial charge in [0.05, 0.1) is 11.4 Å². The van der Waals surface area contributed by atoms with Crippen molar-refractivity contribution in [1.29, 1.82) is 5.26 Å². The number of aryl methyl sites for hydroxylation is 2. The first-order valence-electron chi connectivity index (χ1n) is 7.59. The van der Waals surface area contributed by atoms with Crippen LogP contribution in [0.3, 0.4) is 0 Å². The Labute approximate surface area is 155 Å². The zero-order valence-electron chi connectivity index (χ0n) is 13.7. The molecule has 124 valence electrons.